The second kappa shape index (κ2) is 45.4. The number of ether oxygens (including phenoxy) is 14. The third-order valence-corrected chi connectivity index (χ3v) is 18.7. The number of carbonyl (C=O) groups is 6. The van der Waals surface area contributed by atoms with Crippen molar-refractivity contribution < 1.29 is 105 Å². The van der Waals surface area contributed by atoms with Crippen molar-refractivity contribution >= 4 is 69.8 Å². The van der Waals surface area contributed by atoms with E-state index in [0.29, 0.717) is 218 Å². The summed E-state index contributed by atoms with van der Waals surface area (Å²) in [6.07, 6.45) is 11.0. The summed E-state index contributed by atoms with van der Waals surface area (Å²) in [5.74, 6) is 0.929. The Kier molecular flexibility index (Phi) is 34.8. The molecule has 5 aromatic rings. The molecular weight excluding hydrogens is 1460 g/mol. The number of carbonyl (C=O) groups excluding carboxylic acids is 6. The average Bonchev–Trinajstić information content (AvgIpc) is 1.70. The lowest BCUT2D eigenvalue weighted by atomic mass is 9.99. The summed E-state index contributed by atoms with van der Waals surface area (Å²) in [5, 5.41) is 30.6. The fraction of sp³-hybridized carbons (Fsp3) is 0.464. The van der Waals surface area contributed by atoms with Gasteiger partial charge in [0.05, 0.1) is 162 Å². The van der Waals surface area contributed by atoms with Crippen LogP contribution >= 0.6 is 0 Å². The summed E-state index contributed by atoms with van der Waals surface area (Å²) in [7, 11) is 3.02. The summed E-state index contributed by atoms with van der Waals surface area (Å²) in [6.45, 7) is 22.1. The van der Waals surface area contributed by atoms with Crippen molar-refractivity contribution in [1.29, 1.82) is 0 Å². The molecule has 6 N–H and O–H groups in total. The molecule has 610 valence electrons. The zero-order valence-electron chi connectivity index (χ0n) is 65.4. The molecule has 0 spiro atoms. The van der Waals surface area contributed by atoms with Crippen LogP contribution in [-0.2, 0) is 63.5 Å². The first-order valence-corrected chi connectivity index (χ1v) is 38.2. The highest BCUT2D eigenvalue weighted by Gasteiger charge is 2.35. The van der Waals surface area contributed by atoms with E-state index in [0.717, 1.165) is 22.3 Å². The highest BCUT2D eigenvalue weighted by Crippen LogP contribution is 2.43. The van der Waals surface area contributed by atoms with Crippen LogP contribution in [0.3, 0.4) is 0 Å². The Hall–Kier alpha value is -10.4. The Morgan fingerprint density at radius 3 is 1.81 bits per heavy atom. The molecule has 0 fully saturated rings. The highest BCUT2D eigenvalue weighted by atomic mass is 16.7. The number of aryl methyl sites for hydroxylation is 1. The monoisotopic (exact) mass is 1570 g/mol. The highest BCUT2D eigenvalue weighted by molar-refractivity contribution is 6.06. The van der Waals surface area contributed by atoms with E-state index in [1.54, 1.807) is 79.3 Å². The maximum Gasteiger partial charge on any atom is 0.260 e. The fourth-order valence-electron chi connectivity index (χ4n) is 12.5. The van der Waals surface area contributed by atoms with Gasteiger partial charge in [0.1, 0.15) is 23.6 Å². The molecule has 0 saturated carbocycles. The lowest BCUT2D eigenvalue weighted by Crippen LogP contribution is -2.53. The number of allylic oxidation sites excluding steroid dienone is 1. The third-order valence-electron chi connectivity index (χ3n) is 18.7. The number of phenols is 2. The van der Waals surface area contributed by atoms with Gasteiger partial charge in [-0.2, -0.15) is 0 Å². The molecule has 5 aromatic carbocycles. The number of nitrogens with one attached hydrogen (secondary N) is 4. The maximum atomic E-state index is 14.4. The Morgan fingerprint density at radius 2 is 1.19 bits per heavy atom. The number of aromatic hydroxyl groups is 2. The van der Waals surface area contributed by atoms with Gasteiger partial charge in [-0.25, -0.2) is 0 Å². The Balaban J connectivity index is 0.582. The number of methoxy groups -OCH3 is 2. The molecule has 6 amide bonds. The van der Waals surface area contributed by atoms with Gasteiger partial charge >= 0.3 is 0 Å². The van der Waals surface area contributed by atoms with E-state index in [9.17, 15) is 39.0 Å². The van der Waals surface area contributed by atoms with E-state index in [1.807, 2.05) is 49.7 Å². The van der Waals surface area contributed by atoms with E-state index in [-0.39, 0.29) is 92.8 Å². The second-order valence-corrected chi connectivity index (χ2v) is 27.4. The van der Waals surface area contributed by atoms with Crippen LogP contribution in [0.15, 0.2) is 122 Å². The van der Waals surface area contributed by atoms with Crippen molar-refractivity contribution in [3.8, 4) is 46.0 Å². The fourth-order valence-corrected chi connectivity index (χ4v) is 12.5. The first kappa shape index (κ1) is 86.6. The lowest BCUT2D eigenvalue weighted by Gasteiger charge is -2.24. The van der Waals surface area contributed by atoms with E-state index in [4.69, 9.17) is 71.3 Å². The SMILES string of the molecule is C=CC1CC(c2ccc3c(c2)OCO3)=CN1C(=O)c1cc(OC)c(OCCCOc2cc3c(cc2OC)C(=O)N2C=C(c4ccc(NC(=O)C(C)NC(=O)C(NC(=O)CCOCCOCCOCCOCCOCCOCCOCCOCCNC(=O)CCCCc5cc(O)ccc5O)C(C)C)cc4)CC2C=N3)cc1C(=C)C. The van der Waals surface area contributed by atoms with Crippen LogP contribution in [0.5, 0.6) is 46.0 Å². The molecule has 4 aliphatic heterocycles. The third kappa shape index (κ3) is 26.4. The number of unbranched alkanes of at least 4 members (excludes halogenated alkanes) is 1. The summed E-state index contributed by atoms with van der Waals surface area (Å²) in [6, 6.07) is 21.6. The zero-order chi connectivity index (χ0) is 80.4. The van der Waals surface area contributed by atoms with E-state index in [1.165, 1.54) is 32.4 Å². The van der Waals surface area contributed by atoms with Gasteiger partial charge in [-0.15, -0.1) is 6.58 Å². The molecule has 4 atom stereocenters. The van der Waals surface area contributed by atoms with Gasteiger partial charge in [0.25, 0.3) is 11.8 Å². The van der Waals surface area contributed by atoms with E-state index >= 15 is 0 Å². The number of fused-ring (bicyclic) bond motifs is 3. The van der Waals surface area contributed by atoms with Crippen molar-refractivity contribution in [2.24, 2.45) is 10.9 Å². The molecular formula is C84H107N7O22. The summed E-state index contributed by atoms with van der Waals surface area (Å²) >= 11 is 0. The van der Waals surface area contributed by atoms with Crippen molar-refractivity contribution in [2.75, 3.05) is 152 Å². The molecule has 0 aromatic heterocycles. The van der Waals surface area contributed by atoms with Crippen LogP contribution in [0, 0.1) is 5.92 Å². The first-order valence-electron chi connectivity index (χ1n) is 38.2. The lowest BCUT2D eigenvalue weighted by molar-refractivity contribution is -0.132. The second-order valence-electron chi connectivity index (χ2n) is 27.4. The standard InChI is InChI=1S/C84H107N7O22/c1-9-64-43-62(59-17-22-72-75(46-59)113-54-112-72)53-90(64)83(98)68-48-73(100-7)76(47-67(68)55(2)3)110-25-12-26-111-77-50-70-69(49-74(77)101-8)84(99)91-52-61(44-65(91)51-86-70)58-15-18-63(19-16-58)88-81(96)57(6)87-82(97)80(56(4)5)89-79(95)23-27-102-29-31-104-33-35-106-37-39-108-41-42-109-40-38-107-36-34-105-32-30-103-28-24-85-78(94)14-11-10-13-60-45-66(92)20-21-71(60)93/h9,15-22,45-53,56-57,64-65,80,92-93H,1-2,10-14,23-44,54H2,3-8H3,(H,85,94)(H,87,97)(H,88,96)(H,89,95). The molecule has 9 rings (SSSR count). The van der Waals surface area contributed by atoms with Gasteiger partial charge in [0.15, 0.2) is 34.5 Å². The molecule has 4 unspecified atom stereocenters. The summed E-state index contributed by atoms with van der Waals surface area (Å²) in [4.78, 5) is 88.5. The van der Waals surface area contributed by atoms with Gasteiger partial charge in [-0.3, -0.25) is 33.8 Å². The van der Waals surface area contributed by atoms with Crippen LogP contribution in [0.4, 0.5) is 11.4 Å². The topological polar surface area (TPSA) is 339 Å². The van der Waals surface area contributed by atoms with Crippen molar-refractivity contribution in [3.05, 3.63) is 150 Å². The van der Waals surface area contributed by atoms with Crippen LogP contribution in [0.2, 0.25) is 0 Å². The van der Waals surface area contributed by atoms with E-state index < -0.39 is 23.9 Å². The molecule has 0 radical (unpaired) electrons. The maximum absolute atomic E-state index is 14.4. The van der Waals surface area contributed by atoms with Gasteiger partial charge in [0.2, 0.25) is 30.4 Å². The first-order chi connectivity index (χ1) is 54.8. The average molecular weight is 1570 g/mol. The number of hydrogen-bond donors (Lipinski definition) is 6. The zero-order valence-corrected chi connectivity index (χ0v) is 65.4. The Bertz CT molecular complexity index is 4130. The molecule has 0 aliphatic carbocycles. The predicted octanol–water partition coefficient (Wildman–Crippen LogP) is 9.77. The number of rotatable bonds is 51. The largest absolute Gasteiger partial charge is 0.508 e. The number of aliphatic imine (C=N–C) groups is 1. The van der Waals surface area contributed by atoms with Gasteiger partial charge in [0, 0.05) is 62.6 Å². The number of nitrogens with zero attached hydrogens (tertiary/aromatic N) is 3. The van der Waals surface area contributed by atoms with Crippen LogP contribution in [0.1, 0.15) is 116 Å². The number of anilines is 1. The minimum Gasteiger partial charge on any atom is -0.508 e. The normalized spacial score (nSPS) is 15.2. The molecule has 0 bridgehead atoms. The molecule has 4 aliphatic rings. The Morgan fingerprint density at radius 1 is 0.602 bits per heavy atom. The van der Waals surface area contributed by atoms with Gasteiger partial charge in [-0.05, 0) is 140 Å². The summed E-state index contributed by atoms with van der Waals surface area (Å²) in [5.41, 5.74) is 7.19. The van der Waals surface area contributed by atoms with Crippen molar-refractivity contribution in [3.63, 3.8) is 0 Å². The molecule has 4 heterocycles. The molecule has 29 nitrogen and oxygen atoms in total. The molecule has 29 heteroatoms. The van der Waals surface area contributed by atoms with Crippen LogP contribution in [0.25, 0.3) is 16.7 Å². The minimum absolute atomic E-state index is 0.0118. The Labute approximate surface area is 659 Å². The quantitative estimate of drug-likeness (QED) is 0.0120. The number of amides is 6. The number of hydrogen-bond acceptors (Lipinski definition) is 23. The van der Waals surface area contributed by atoms with E-state index in [2.05, 4.69) is 34.4 Å². The van der Waals surface area contributed by atoms with Crippen molar-refractivity contribution in [1.82, 2.24) is 25.8 Å². The minimum atomic E-state index is -0.947. The van der Waals surface area contributed by atoms with Gasteiger partial charge in [-0.1, -0.05) is 50.3 Å². The summed E-state index contributed by atoms with van der Waals surface area (Å²) < 4.78 is 79.4. The van der Waals surface area contributed by atoms with Crippen molar-refractivity contribution in [2.45, 2.75) is 103 Å². The van der Waals surface area contributed by atoms with Crippen LogP contribution < -0.4 is 49.7 Å². The number of phenolic OH excluding ortho intramolecular Hbond substituents is 2. The van der Waals surface area contributed by atoms with Crippen LogP contribution in [-0.4, -0.2) is 232 Å². The predicted molar refractivity (Wildman–Crippen MR) is 423 cm³/mol. The number of benzene rings is 5. The van der Waals surface area contributed by atoms with Gasteiger partial charge < -0.3 is 108 Å². The smallest absolute Gasteiger partial charge is 0.260 e. The molecule has 0 saturated heterocycles. The molecule has 113 heavy (non-hydrogen) atoms.